The van der Waals surface area contributed by atoms with Crippen LogP contribution < -0.4 is 4.74 Å². The number of hydrogen-bond acceptors (Lipinski definition) is 6. The highest BCUT2D eigenvalue weighted by molar-refractivity contribution is 7.00. The molecule has 0 aliphatic heterocycles. The number of nitrogens with one attached hydrogen (secondary N) is 1. The van der Waals surface area contributed by atoms with E-state index in [0.717, 1.165) is 33.8 Å². The van der Waals surface area contributed by atoms with Crippen LogP contribution in [0.1, 0.15) is 5.82 Å². The normalized spacial score (nSPS) is 11.2. The second-order valence-electron chi connectivity index (χ2n) is 5.80. The summed E-state index contributed by atoms with van der Waals surface area (Å²) < 4.78 is 13.9. The molecule has 9 heteroatoms. The number of nitrogens with zero attached hydrogens (tertiary/aromatic N) is 4. The molecule has 0 atom stereocenters. The minimum Gasteiger partial charge on any atom is -0.484 e. The molecule has 0 spiro atoms. The summed E-state index contributed by atoms with van der Waals surface area (Å²) in [5.41, 5.74) is 3.23. The third-order valence-corrected chi connectivity index (χ3v) is 4.68. The van der Waals surface area contributed by atoms with Gasteiger partial charge in [0.15, 0.2) is 6.61 Å². The maximum atomic E-state index is 12.3. The molecule has 1 N–H and O–H groups in total. The fourth-order valence-electron chi connectivity index (χ4n) is 2.53. The number of benzene rings is 2. The fourth-order valence-corrected chi connectivity index (χ4v) is 3.22. The van der Waals surface area contributed by atoms with E-state index >= 15 is 0 Å². The minimum absolute atomic E-state index is 0.0639. The standard InChI is InChI=1S/C17H14ClN5O2S/c1-23(8-16-19-12-4-2-10(18)6-14(12)20-16)17(24)9-25-11-3-5-13-15(7-11)22-26-21-13/h2-7H,8-9H2,1H3,(H,19,20). The van der Waals surface area contributed by atoms with Crippen molar-refractivity contribution in [2.75, 3.05) is 13.7 Å². The van der Waals surface area contributed by atoms with E-state index in [1.165, 1.54) is 0 Å². The van der Waals surface area contributed by atoms with Gasteiger partial charge in [-0.3, -0.25) is 4.79 Å². The Bertz CT molecular complexity index is 1090. The van der Waals surface area contributed by atoms with Crippen molar-refractivity contribution in [2.24, 2.45) is 0 Å². The van der Waals surface area contributed by atoms with Crippen molar-refractivity contribution in [1.82, 2.24) is 23.6 Å². The van der Waals surface area contributed by atoms with Gasteiger partial charge in [-0.1, -0.05) is 11.6 Å². The third-order valence-electron chi connectivity index (χ3n) is 3.89. The van der Waals surface area contributed by atoms with Gasteiger partial charge in [-0.2, -0.15) is 8.75 Å². The summed E-state index contributed by atoms with van der Waals surface area (Å²) in [6.45, 7) is 0.287. The van der Waals surface area contributed by atoms with E-state index in [4.69, 9.17) is 16.3 Å². The Morgan fingerprint density at radius 2 is 2.00 bits per heavy atom. The molecule has 26 heavy (non-hydrogen) atoms. The minimum atomic E-state index is -0.153. The van der Waals surface area contributed by atoms with E-state index in [2.05, 4.69) is 18.7 Å². The largest absolute Gasteiger partial charge is 0.484 e. The average Bonchev–Trinajstić information content (AvgIpc) is 3.24. The Kier molecular flexibility index (Phi) is 4.44. The number of carbonyl (C=O) groups excluding carboxylic acids is 1. The first-order valence-corrected chi connectivity index (χ1v) is 8.92. The molecule has 2 aromatic carbocycles. The smallest absolute Gasteiger partial charge is 0.260 e. The number of rotatable bonds is 5. The summed E-state index contributed by atoms with van der Waals surface area (Å²) in [6.07, 6.45) is 0. The topological polar surface area (TPSA) is 84.0 Å². The highest BCUT2D eigenvalue weighted by Crippen LogP contribution is 2.19. The third kappa shape index (κ3) is 3.47. The Hall–Kier alpha value is -2.71. The number of halogens is 1. The van der Waals surface area contributed by atoms with Crippen molar-refractivity contribution in [3.8, 4) is 5.75 Å². The van der Waals surface area contributed by atoms with Crippen LogP contribution in [0.4, 0.5) is 0 Å². The molecule has 0 fully saturated rings. The van der Waals surface area contributed by atoms with Crippen LogP contribution in [0.3, 0.4) is 0 Å². The summed E-state index contributed by atoms with van der Waals surface area (Å²) in [6, 6.07) is 10.8. The number of ether oxygens (including phenoxy) is 1. The Labute approximate surface area is 157 Å². The van der Waals surface area contributed by atoms with Crippen molar-refractivity contribution in [3.63, 3.8) is 0 Å². The van der Waals surface area contributed by atoms with Crippen LogP contribution in [-0.2, 0) is 11.3 Å². The summed E-state index contributed by atoms with van der Waals surface area (Å²) in [5, 5.41) is 0.637. The van der Waals surface area contributed by atoms with Crippen molar-refractivity contribution in [3.05, 3.63) is 47.2 Å². The lowest BCUT2D eigenvalue weighted by molar-refractivity contribution is -0.132. The van der Waals surface area contributed by atoms with Crippen molar-refractivity contribution in [2.45, 2.75) is 6.54 Å². The van der Waals surface area contributed by atoms with E-state index in [9.17, 15) is 4.79 Å². The van der Waals surface area contributed by atoms with Crippen LogP contribution in [0.25, 0.3) is 22.1 Å². The van der Waals surface area contributed by atoms with Gasteiger partial charge in [-0.15, -0.1) is 0 Å². The zero-order chi connectivity index (χ0) is 18.1. The lowest BCUT2D eigenvalue weighted by atomic mass is 10.3. The first kappa shape index (κ1) is 16.7. The van der Waals surface area contributed by atoms with Gasteiger partial charge in [0.2, 0.25) is 0 Å². The van der Waals surface area contributed by atoms with E-state index < -0.39 is 0 Å². The van der Waals surface area contributed by atoms with Gasteiger partial charge < -0.3 is 14.6 Å². The lowest BCUT2D eigenvalue weighted by Gasteiger charge is -2.16. The predicted octanol–water partition coefficient (Wildman–Crippen LogP) is 3.26. The number of hydrogen-bond donors (Lipinski definition) is 1. The van der Waals surface area contributed by atoms with Gasteiger partial charge >= 0.3 is 0 Å². The molecule has 4 rings (SSSR count). The molecular weight excluding hydrogens is 374 g/mol. The maximum Gasteiger partial charge on any atom is 0.260 e. The van der Waals surface area contributed by atoms with Crippen LogP contribution in [0.2, 0.25) is 5.02 Å². The Morgan fingerprint density at radius 1 is 1.19 bits per heavy atom. The van der Waals surface area contributed by atoms with Crippen LogP contribution in [0.5, 0.6) is 5.75 Å². The molecule has 0 saturated carbocycles. The van der Waals surface area contributed by atoms with Gasteiger partial charge in [0.05, 0.1) is 29.3 Å². The molecule has 4 aromatic rings. The molecule has 0 aliphatic carbocycles. The van der Waals surface area contributed by atoms with Gasteiger partial charge in [0.1, 0.15) is 22.6 Å². The molecule has 7 nitrogen and oxygen atoms in total. The number of imidazole rings is 1. The number of carbonyl (C=O) groups is 1. The molecule has 2 heterocycles. The van der Waals surface area contributed by atoms with Crippen LogP contribution in [0, 0.1) is 0 Å². The lowest BCUT2D eigenvalue weighted by Crippen LogP contribution is -2.31. The second-order valence-corrected chi connectivity index (χ2v) is 6.76. The summed E-state index contributed by atoms with van der Waals surface area (Å²) in [7, 11) is 1.71. The predicted molar refractivity (Wildman–Crippen MR) is 100 cm³/mol. The quantitative estimate of drug-likeness (QED) is 0.568. The number of aromatic amines is 1. The fraction of sp³-hybridized carbons (Fsp3) is 0.176. The molecule has 1 amide bonds. The van der Waals surface area contributed by atoms with E-state index in [1.807, 2.05) is 18.2 Å². The average molecular weight is 388 g/mol. The number of aromatic nitrogens is 4. The molecule has 0 bridgehead atoms. The Balaban J connectivity index is 1.38. The molecule has 2 aromatic heterocycles. The van der Waals surface area contributed by atoms with Crippen LogP contribution in [0.15, 0.2) is 36.4 Å². The number of amides is 1. The van der Waals surface area contributed by atoms with Crippen LogP contribution in [-0.4, -0.2) is 43.2 Å². The summed E-state index contributed by atoms with van der Waals surface area (Å²) >= 11 is 7.12. The van der Waals surface area contributed by atoms with Crippen LogP contribution >= 0.6 is 23.3 Å². The van der Waals surface area contributed by atoms with E-state index in [1.54, 1.807) is 30.1 Å². The van der Waals surface area contributed by atoms with Gasteiger partial charge in [-0.05, 0) is 30.3 Å². The first-order valence-electron chi connectivity index (χ1n) is 7.82. The monoisotopic (exact) mass is 387 g/mol. The molecule has 0 saturated heterocycles. The van der Waals surface area contributed by atoms with E-state index in [-0.39, 0.29) is 12.5 Å². The van der Waals surface area contributed by atoms with Gasteiger partial charge in [0.25, 0.3) is 5.91 Å². The first-order chi connectivity index (χ1) is 12.6. The van der Waals surface area contributed by atoms with Crippen molar-refractivity contribution in [1.29, 1.82) is 0 Å². The molecule has 0 radical (unpaired) electrons. The number of fused-ring (bicyclic) bond motifs is 2. The van der Waals surface area contributed by atoms with E-state index in [0.29, 0.717) is 23.1 Å². The zero-order valence-corrected chi connectivity index (χ0v) is 15.3. The summed E-state index contributed by atoms with van der Waals surface area (Å²) in [5.74, 6) is 1.12. The molecule has 0 aliphatic rings. The van der Waals surface area contributed by atoms with Crippen molar-refractivity contribution >= 4 is 51.3 Å². The van der Waals surface area contributed by atoms with Gasteiger partial charge in [-0.25, -0.2) is 4.98 Å². The van der Waals surface area contributed by atoms with Crippen molar-refractivity contribution < 1.29 is 9.53 Å². The number of H-pyrrole nitrogens is 1. The SMILES string of the molecule is CN(Cc1nc2ccc(Cl)cc2[nH]1)C(=O)COc1ccc2nsnc2c1. The molecule has 132 valence electrons. The molecular formula is C17H14ClN5O2S. The number of likely N-dealkylation sites (N-methyl/N-ethyl adjacent to an activating group) is 1. The second kappa shape index (κ2) is 6.89. The zero-order valence-electron chi connectivity index (χ0n) is 13.8. The molecule has 0 unspecified atom stereocenters. The highest BCUT2D eigenvalue weighted by Gasteiger charge is 2.13. The maximum absolute atomic E-state index is 12.3. The highest BCUT2D eigenvalue weighted by atomic mass is 35.5. The summed E-state index contributed by atoms with van der Waals surface area (Å²) in [4.78, 5) is 21.5. The van der Waals surface area contributed by atoms with Gasteiger partial charge in [0, 0.05) is 18.1 Å². The Morgan fingerprint density at radius 3 is 2.88 bits per heavy atom.